The third kappa shape index (κ3) is 4.59. The van der Waals surface area contributed by atoms with Crippen molar-refractivity contribution < 1.29 is 19.0 Å². The van der Waals surface area contributed by atoms with Crippen LogP contribution in [0.2, 0.25) is 0 Å². The molecule has 1 aliphatic rings. The smallest absolute Gasteiger partial charge is 0.262 e. The van der Waals surface area contributed by atoms with Crippen LogP contribution < -0.4 is 19.5 Å². The molecule has 1 aliphatic heterocycles. The van der Waals surface area contributed by atoms with E-state index in [4.69, 9.17) is 14.2 Å². The molecule has 1 N–H and O–H groups in total. The second-order valence-electron chi connectivity index (χ2n) is 5.93. The van der Waals surface area contributed by atoms with Crippen molar-refractivity contribution in [2.45, 2.75) is 19.9 Å². The highest BCUT2D eigenvalue weighted by atomic mass is 16.7. The number of ether oxygens (including phenoxy) is 3. The van der Waals surface area contributed by atoms with Crippen LogP contribution in [0.25, 0.3) is 6.08 Å². The lowest BCUT2D eigenvalue weighted by atomic mass is 10.1. The average Bonchev–Trinajstić information content (AvgIpc) is 3.17. The topological polar surface area (TPSA) is 80.6 Å². The van der Waals surface area contributed by atoms with Crippen molar-refractivity contribution in [3.63, 3.8) is 0 Å². The molecule has 27 heavy (non-hydrogen) atoms. The number of para-hydroxylation sites is 1. The summed E-state index contributed by atoms with van der Waals surface area (Å²) in [5.41, 5.74) is 1.57. The minimum atomic E-state index is -0.444. The maximum atomic E-state index is 12.4. The highest BCUT2D eigenvalue weighted by molar-refractivity contribution is 6.01. The van der Waals surface area contributed by atoms with Crippen molar-refractivity contribution in [1.82, 2.24) is 5.32 Å². The van der Waals surface area contributed by atoms with E-state index in [1.165, 1.54) is 0 Å². The van der Waals surface area contributed by atoms with Gasteiger partial charge in [-0.3, -0.25) is 4.79 Å². The molecule has 0 fully saturated rings. The lowest BCUT2D eigenvalue weighted by Gasteiger charge is -2.09. The first-order chi connectivity index (χ1) is 13.2. The maximum absolute atomic E-state index is 12.4. The molecule has 0 saturated carbocycles. The van der Waals surface area contributed by atoms with Crippen LogP contribution in [-0.4, -0.2) is 19.3 Å². The van der Waals surface area contributed by atoms with Gasteiger partial charge in [0, 0.05) is 12.1 Å². The van der Waals surface area contributed by atoms with E-state index in [0.717, 1.165) is 12.0 Å². The van der Waals surface area contributed by atoms with Crippen LogP contribution in [0.4, 0.5) is 0 Å². The van der Waals surface area contributed by atoms with Crippen molar-refractivity contribution in [1.29, 1.82) is 5.26 Å². The molecule has 2 aromatic carbocycles. The van der Waals surface area contributed by atoms with Gasteiger partial charge in [0.25, 0.3) is 5.91 Å². The first-order valence-electron chi connectivity index (χ1n) is 8.71. The largest absolute Gasteiger partial charge is 0.493 e. The van der Waals surface area contributed by atoms with Gasteiger partial charge in [0.15, 0.2) is 11.5 Å². The summed E-state index contributed by atoms with van der Waals surface area (Å²) in [6, 6.07) is 14.7. The van der Waals surface area contributed by atoms with Gasteiger partial charge in [0.1, 0.15) is 17.4 Å². The highest BCUT2D eigenvalue weighted by Crippen LogP contribution is 2.32. The standard InChI is InChI=1S/C21H20N2O4/c1-2-9-25-18-6-4-3-5-16(18)11-17(12-22)21(24)23-13-15-7-8-19-20(10-15)27-14-26-19/h3-8,10-11H,2,9,13-14H2,1H3,(H,23,24)/b17-11-. The molecule has 0 aromatic heterocycles. The van der Waals surface area contributed by atoms with E-state index in [0.29, 0.717) is 29.4 Å². The molecule has 1 heterocycles. The monoisotopic (exact) mass is 364 g/mol. The van der Waals surface area contributed by atoms with E-state index in [-0.39, 0.29) is 18.9 Å². The maximum Gasteiger partial charge on any atom is 0.262 e. The van der Waals surface area contributed by atoms with Crippen LogP contribution in [0.3, 0.4) is 0 Å². The summed E-state index contributed by atoms with van der Waals surface area (Å²) in [6.07, 6.45) is 2.42. The molecule has 138 valence electrons. The van der Waals surface area contributed by atoms with E-state index in [1.807, 2.05) is 49.4 Å². The molecular weight excluding hydrogens is 344 g/mol. The van der Waals surface area contributed by atoms with E-state index in [2.05, 4.69) is 5.32 Å². The second-order valence-corrected chi connectivity index (χ2v) is 5.93. The summed E-state index contributed by atoms with van der Waals surface area (Å²) in [5, 5.41) is 12.1. The number of hydrogen-bond acceptors (Lipinski definition) is 5. The zero-order valence-corrected chi connectivity index (χ0v) is 15.0. The summed E-state index contributed by atoms with van der Waals surface area (Å²) in [7, 11) is 0. The fourth-order valence-corrected chi connectivity index (χ4v) is 2.58. The average molecular weight is 364 g/mol. The van der Waals surface area contributed by atoms with Gasteiger partial charge in [-0.05, 0) is 36.3 Å². The predicted octanol–water partition coefficient (Wildman–Crippen LogP) is 3.43. The fourth-order valence-electron chi connectivity index (χ4n) is 2.58. The molecule has 6 heteroatoms. The Morgan fingerprint density at radius 2 is 2.07 bits per heavy atom. The molecule has 0 radical (unpaired) electrons. The number of hydrogen-bond donors (Lipinski definition) is 1. The van der Waals surface area contributed by atoms with Crippen molar-refractivity contribution in [2.24, 2.45) is 0 Å². The summed E-state index contributed by atoms with van der Waals surface area (Å²) < 4.78 is 16.3. The Balaban J connectivity index is 1.69. The van der Waals surface area contributed by atoms with Crippen LogP contribution in [0, 0.1) is 11.3 Å². The third-order valence-corrected chi connectivity index (χ3v) is 3.94. The molecule has 0 unspecified atom stereocenters. The molecule has 2 aromatic rings. The molecule has 3 rings (SSSR count). The number of amides is 1. The van der Waals surface area contributed by atoms with Crippen LogP contribution in [-0.2, 0) is 11.3 Å². The Hall–Kier alpha value is -3.46. The van der Waals surface area contributed by atoms with E-state index in [1.54, 1.807) is 12.1 Å². The number of carbonyl (C=O) groups excluding carboxylic acids is 1. The van der Waals surface area contributed by atoms with Gasteiger partial charge in [0.2, 0.25) is 6.79 Å². The summed E-state index contributed by atoms with van der Waals surface area (Å²) in [5.74, 6) is 1.54. The molecule has 0 atom stereocenters. The van der Waals surface area contributed by atoms with E-state index in [9.17, 15) is 10.1 Å². The highest BCUT2D eigenvalue weighted by Gasteiger charge is 2.14. The number of carbonyl (C=O) groups is 1. The molecule has 0 aliphatic carbocycles. The van der Waals surface area contributed by atoms with E-state index < -0.39 is 5.91 Å². The third-order valence-electron chi connectivity index (χ3n) is 3.94. The van der Waals surface area contributed by atoms with Crippen LogP contribution in [0.5, 0.6) is 17.2 Å². The number of nitrogens with one attached hydrogen (secondary N) is 1. The van der Waals surface area contributed by atoms with Gasteiger partial charge in [-0.1, -0.05) is 31.2 Å². The number of nitrogens with zero attached hydrogens (tertiary/aromatic N) is 1. The lowest BCUT2D eigenvalue weighted by Crippen LogP contribution is -2.23. The summed E-state index contributed by atoms with van der Waals surface area (Å²) in [4.78, 5) is 12.4. The zero-order valence-electron chi connectivity index (χ0n) is 15.0. The predicted molar refractivity (Wildman–Crippen MR) is 100 cm³/mol. The number of rotatable bonds is 7. The van der Waals surface area contributed by atoms with Gasteiger partial charge >= 0.3 is 0 Å². The van der Waals surface area contributed by atoms with Crippen molar-refractivity contribution in [3.8, 4) is 23.3 Å². The number of benzene rings is 2. The van der Waals surface area contributed by atoms with Crippen LogP contribution >= 0.6 is 0 Å². The van der Waals surface area contributed by atoms with Gasteiger partial charge < -0.3 is 19.5 Å². The van der Waals surface area contributed by atoms with Crippen LogP contribution in [0.1, 0.15) is 24.5 Å². The van der Waals surface area contributed by atoms with Crippen molar-refractivity contribution in [2.75, 3.05) is 13.4 Å². The molecule has 0 spiro atoms. The summed E-state index contributed by atoms with van der Waals surface area (Å²) in [6.45, 7) is 3.07. The first-order valence-corrected chi connectivity index (χ1v) is 8.71. The summed E-state index contributed by atoms with van der Waals surface area (Å²) >= 11 is 0. The van der Waals surface area contributed by atoms with Crippen molar-refractivity contribution in [3.05, 3.63) is 59.2 Å². The molecule has 6 nitrogen and oxygen atoms in total. The molecule has 0 saturated heterocycles. The Kier molecular flexibility index (Phi) is 5.95. The quantitative estimate of drug-likeness (QED) is 0.601. The number of fused-ring (bicyclic) bond motifs is 1. The Morgan fingerprint density at radius 3 is 2.89 bits per heavy atom. The number of nitriles is 1. The van der Waals surface area contributed by atoms with Gasteiger partial charge in [-0.25, -0.2) is 0 Å². The fraction of sp³-hybridized carbons (Fsp3) is 0.238. The Morgan fingerprint density at radius 1 is 1.26 bits per heavy atom. The van der Waals surface area contributed by atoms with E-state index >= 15 is 0 Å². The van der Waals surface area contributed by atoms with Crippen LogP contribution in [0.15, 0.2) is 48.0 Å². The van der Waals surface area contributed by atoms with Crippen molar-refractivity contribution >= 4 is 12.0 Å². The Labute approximate surface area is 158 Å². The molecular formula is C21H20N2O4. The Bertz CT molecular complexity index is 899. The minimum absolute atomic E-state index is 0.0169. The first kappa shape index (κ1) is 18.3. The minimum Gasteiger partial charge on any atom is -0.493 e. The van der Waals surface area contributed by atoms with Gasteiger partial charge in [0.05, 0.1) is 6.61 Å². The molecule has 0 bridgehead atoms. The zero-order chi connectivity index (χ0) is 19.1. The van der Waals surface area contributed by atoms with Gasteiger partial charge in [-0.2, -0.15) is 5.26 Å². The SMILES string of the molecule is CCCOc1ccccc1/C=C(/C#N)C(=O)NCc1ccc2c(c1)OCO2. The normalized spacial score (nSPS) is 12.4. The second kappa shape index (κ2) is 8.77. The lowest BCUT2D eigenvalue weighted by molar-refractivity contribution is -0.117. The molecule has 1 amide bonds. The van der Waals surface area contributed by atoms with Gasteiger partial charge in [-0.15, -0.1) is 0 Å².